The SMILES string of the molecule is Cc1ccc2c(c1)N(Cl)CCC2. The number of fused-ring (bicyclic) bond motifs is 1. The number of aryl methyl sites for hydroxylation is 2. The molecule has 1 aliphatic heterocycles. The van der Waals surface area contributed by atoms with E-state index in [0.717, 1.165) is 6.54 Å². The number of nitrogens with zero attached hydrogens (tertiary/aromatic N) is 1. The second-order valence-corrected chi connectivity index (χ2v) is 3.73. The predicted molar refractivity (Wildman–Crippen MR) is 52.7 cm³/mol. The Labute approximate surface area is 78.1 Å². The summed E-state index contributed by atoms with van der Waals surface area (Å²) in [5, 5.41) is 0. The lowest BCUT2D eigenvalue weighted by Crippen LogP contribution is -2.19. The molecule has 0 spiro atoms. The second kappa shape index (κ2) is 2.98. The highest BCUT2D eigenvalue weighted by atomic mass is 35.5. The summed E-state index contributed by atoms with van der Waals surface area (Å²) in [4.78, 5) is 0. The van der Waals surface area contributed by atoms with Crippen LogP contribution in [0.4, 0.5) is 5.69 Å². The van der Waals surface area contributed by atoms with Gasteiger partial charge in [-0.2, -0.15) is 0 Å². The molecule has 0 saturated carbocycles. The predicted octanol–water partition coefficient (Wildman–Crippen LogP) is 2.90. The zero-order valence-corrected chi connectivity index (χ0v) is 7.93. The van der Waals surface area contributed by atoms with E-state index in [2.05, 4.69) is 25.1 Å². The fourth-order valence-electron chi connectivity index (χ4n) is 1.64. The van der Waals surface area contributed by atoms with Crippen molar-refractivity contribution in [1.29, 1.82) is 0 Å². The molecule has 1 aromatic rings. The summed E-state index contributed by atoms with van der Waals surface area (Å²) >= 11 is 6.05. The van der Waals surface area contributed by atoms with E-state index in [-0.39, 0.29) is 0 Å². The van der Waals surface area contributed by atoms with Crippen LogP contribution in [0, 0.1) is 6.92 Å². The third-order valence-corrected chi connectivity index (χ3v) is 2.65. The Kier molecular flexibility index (Phi) is 1.97. The summed E-state index contributed by atoms with van der Waals surface area (Å²) < 4.78 is 1.83. The number of hydrogen-bond donors (Lipinski definition) is 0. The quantitative estimate of drug-likeness (QED) is 0.557. The molecule has 0 saturated heterocycles. The molecule has 0 radical (unpaired) electrons. The molecule has 0 bridgehead atoms. The molecule has 1 aromatic carbocycles. The lowest BCUT2D eigenvalue weighted by molar-refractivity contribution is 0.790. The fraction of sp³-hybridized carbons (Fsp3) is 0.400. The first-order valence-corrected chi connectivity index (χ1v) is 4.64. The van der Waals surface area contributed by atoms with Crippen molar-refractivity contribution in [3.8, 4) is 0 Å². The van der Waals surface area contributed by atoms with Crippen LogP contribution in [0.5, 0.6) is 0 Å². The van der Waals surface area contributed by atoms with E-state index < -0.39 is 0 Å². The number of benzene rings is 1. The molecule has 1 heterocycles. The van der Waals surface area contributed by atoms with Crippen LogP contribution in [-0.2, 0) is 6.42 Å². The van der Waals surface area contributed by atoms with Crippen molar-refractivity contribution in [1.82, 2.24) is 0 Å². The van der Waals surface area contributed by atoms with Crippen LogP contribution in [0.25, 0.3) is 0 Å². The minimum absolute atomic E-state index is 0.970. The van der Waals surface area contributed by atoms with Gasteiger partial charge in [0.15, 0.2) is 0 Å². The van der Waals surface area contributed by atoms with Gasteiger partial charge in [0.2, 0.25) is 0 Å². The summed E-state index contributed by atoms with van der Waals surface area (Å²) in [6.07, 6.45) is 2.33. The van der Waals surface area contributed by atoms with Crippen LogP contribution in [0.1, 0.15) is 17.5 Å². The van der Waals surface area contributed by atoms with Gasteiger partial charge in [-0.15, -0.1) is 0 Å². The van der Waals surface area contributed by atoms with E-state index in [1.54, 1.807) is 0 Å². The zero-order chi connectivity index (χ0) is 8.55. The third kappa shape index (κ3) is 1.29. The molecule has 0 unspecified atom stereocenters. The Morgan fingerprint density at radius 1 is 1.42 bits per heavy atom. The van der Waals surface area contributed by atoms with Crippen molar-refractivity contribution in [2.24, 2.45) is 0 Å². The van der Waals surface area contributed by atoms with Gasteiger partial charge in [-0.3, -0.25) is 4.42 Å². The topological polar surface area (TPSA) is 3.24 Å². The number of rotatable bonds is 0. The Morgan fingerprint density at radius 2 is 2.25 bits per heavy atom. The highest BCUT2D eigenvalue weighted by molar-refractivity contribution is 6.26. The highest BCUT2D eigenvalue weighted by Gasteiger charge is 2.14. The molecule has 2 rings (SSSR count). The number of anilines is 1. The van der Waals surface area contributed by atoms with E-state index in [1.807, 2.05) is 4.42 Å². The van der Waals surface area contributed by atoms with Gasteiger partial charge in [-0.05, 0) is 37.0 Å². The van der Waals surface area contributed by atoms with E-state index in [9.17, 15) is 0 Å². The molecule has 0 atom stereocenters. The van der Waals surface area contributed by atoms with Crippen LogP contribution in [0.3, 0.4) is 0 Å². The van der Waals surface area contributed by atoms with Gasteiger partial charge in [0.05, 0.1) is 5.69 Å². The Morgan fingerprint density at radius 3 is 3.08 bits per heavy atom. The van der Waals surface area contributed by atoms with Crippen molar-refractivity contribution in [2.45, 2.75) is 19.8 Å². The third-order valence-electron chi connectivity index (χ3n) is 2.30. The molecule has 0 N–H and O–H groups in total. The molecule has 2 heteroatoms. The van der Waals surface area contributed by atoms with Crippen LogP contribution in [0.15, 0.2) is 18.2 Å². The standard InChI is InChI=1S/C10H12ClN/c1-8-4-5-9-3-2-6-12(11)10(9)7-8/h4-5,7H,2-3,6H2,1H3. The first-order chi connectivity index (χ1) is 5.77. The maximum absolute atomic E-state index is 6.05. The van der Waals surface area contributed by atoms with Gasteiger partial charge < -0.3 is 0 Å². The normalized spacial score (nSPS) is 16.0. The summed E-state index contributed by atoms with van der Waals surface area (Å²) in [6, 6.07) is 6.48. The second-order valence-electron chi connectivity index (χ2n) is 3.32. The molecule has 0 aliphatic carbocycles. The first-order valence-electron chi connectivity index (χ1n) is 4.30. The molecular formula is C10H12ClN. The van der Waals surface area contributed by atoms with Gasteiger partial charge in [0.1, 0.15) is 0 Å². The van der Waals surface area contributed by atoms with Crippen LogP contribution in [0.2, 0.25) is 0 Å². The minimum Gasteiger partial charge on any atom is -0.285 e. The van der Waals surface area contributed by atoms with E-state index in [4.69, 9.17) is 11.8 Å². The summed E-state index contributed by atoms with van der Waals surface area (Å²) in [6.45, 7) is 3.07. The average molecular weight is 182 g/mol. The molecule has 1 aliphatic rings. The molecular weight excluding hydrogens is 170 g/mol. The van der Waals surface area contributed by atoms with Crippen LogP contribution >= 0.6 is 11.8 Å². The van der Waals surface area contributed by atoms with Gasteiger partial charge in [-0.25, -0.2) is 0 Å². The van der Waals surface area contributed by atoms with E-state index in [1.165, 1.54) is 29.7 Å². The van der Waals surface area contributed by atoms with E-state index in [0.29, 0.717) is 0 Å². The van der Waals surface area contributed by atoms with Gasteiger partial charge in [-0.1, -0.05) is 12.1 Å². The molecule has 0 amide bonds. The van der Waals surface area contributed by atoms with E-state index >= 15 is 0 Å². The van der Waals surface area contributed by atoms with Crippen LogP contribution in [-0.4, -0.2) is 6.54 Å². The Balaban J connectivity index is 2.47. The molecule has 0 aromatic heterocycles. The summed E-state index contributed by atoms with van der Waals surface area (Å²) in [7, 11) is 0. The fourth-order valence-corrected chi connectivity index (χ4v) is 1.92. The van der Waals surface area contributed by atoms with Crippen molar-refractivity contribution in [2.75, 3.05) is 11.0 Å². The van der Waals surface area contributed by atoms with Crippen molar-refractivity contribution < 1.29 is 0 Å². The smallest absolute Gasteiger partial charge is 0.0557 e. The van der Waals surface area contributed by atoms with Crippen molar-refractivity contribution in [3.05, 3.63) is 29.3 Å². The molecule has 64 valence electrons. The molecule has 1 nitrogen and oxygen atoms in total. The highest BCUT2D eigenvalue weighted by Crippen LogP contribution is 2.29. The largest absolute Gasteiger partial charge is 0.285 e. The first kappa shape index (κ1) is 7.93. The lowest BCUT2D eigenvalue weighted by atomic mass is 10.0. The lowest BCUT2D eigenvalue weighted by Gasteiger charge is -2.24. The average Bonchev–Trinajstić information content (AvgIpc) is 2.07. The van der Waals surface area contributed by atoms with Crippen LogP contribution < -0.4 is 4.42 Å². The van der Waals surface area contributed by atoms with Crippen molar-refractivity contribution >= 4 is 17.5 Å². The number of hydrogen-bond acceptors (Lipinski definition) is 1. The summed E-state index contributed by atoms with van der Waals surface area (Å²) in [5.41, 5.74) is 3.85. The maximum Gasteiger partial charge on any atom is 0.0557 e. The van der Waals surface area contributed by atoms with Gasteiger partial charge in [0, 0.05) is 18.3 Å². The molecule has 0 fully saturated rings. The van der Waals surface area contributed by atoms with Crippen molar-refractivity contribution in [3.63, 3.8) is 0 Å². The molecule has 12 heavy (non-hydrogen) atoms. The maximum atomic E-state index is 6.05. The minimum atomic E-state index is 0.970. The number of halogens is 1. The van der Waals surface area contributed by atoms with Gasteiger partial charge in [0.25, 0.3) is 0 Å². The monoisotopic (exact) mass is 181 g/mol. The Hall–Kier alpha value is -0.690. The zero-order valence-electron chi connectivity index (χ0n) is 7.18. The van der Waals surface area contributed by atoms with Gasteiger partial charge >= 0.3 is 0 Å². The summed E-state index contributed by atoms with van der Waals surface area (Å²) in [5.74, 6) is 0. The Bertz CT molecular complexity index is 296.